The highest BCUT2D eigenvalue weighted by atomic mass is 16.5. The van der Waals surface area contributed by atoms with E-state index in [4.69, 9.17) is 9.47 Å². The Labute approximate surface area is 131 Å². The van der Waals surface area contributed by atoms with Crippen LogP contribution in [0, 0.1) is 13.8 Å². The van der Waals surface area contributed by atoms with Crippen LogP contribution in [0.15, 0.2) is 42.5 Å². The highest BCUT2D eigenvalue weighted by Gasteiger charge is 2.08. The highest BCUT2D eigenvalue weighted by Crippen LogP contribution is 2.23. The number of benzene rings is 2. The van der Waals surface area contributed by atoms with Crippen LogP contribution >= 0.6 is 0 Å². The quantitative estimate of drug-likeness (QED) is 0.884. The third-order valence-corrected chi connectivity index (χ3v) is 3.31. The minimum atomic E-state index is -0.217. The molecule has 22 heavy (non-hydrogen) atoms. The number of rotatable bonds is 6. The van der Waals surface area contributed by atoms with Gasteiger partial charge in [0.1, 0.15) is 11.5 Å². The van der Waals surface area contributed by atoms with Crippen LogP contribution in [-0.4, -0.2) is 19.1 Å². The molecule has 2 aromatic carbocycles. The lowest BCUT2D eigenvalue weighted by Crippen LogP contribution is -2.20. The first-order valence-corrected chi connectivity index (χ1v) is 7.32. The maximum absolute atomic E-state index is 12.0. The maximum Gasteiger partial charge on any atom is 0.262 e. The van der Waals surface area contributed by atoms with E-state index < -0.39 is 0 Å². The van der Waals surface area contributed by atoms with Crippen LogP contribution < -0.4 is 14.8 Å². The topological polar surface area (TPSA) is 47.6 Å². The number of aryl methyl sites for hydroxylation is 2. The fraction of sp³-hybridized carbons (Fsp3) is 0.278. The molecule has 0 unspecified atom stereocenters. The Morgan fingerprint density at radius 2 is 1.82 bits per heavy atom. The minimum absolute atomic E-state index is 0.0387. The smallest absolute Gasteiger partial charge is 0.262 e. The van der Waals surface area contributed by atoms with Crippen LogP contribution in [0.25, 0.3) is 0 Å². The van der Waals surface area contributed by atoms with Crippen molar-refractivity contribution in [2.45, 2.75) is 20.8 Å². The number of ether oxygens (including phenoxy) is 2. The van der Waals surface area contributed by atoms with Crippen LogP contribution in [0.3, 0.4) is 0 Å². The molecule has 116 valence electrons. The number of carbonyl (C=O) groups is 1. The van der Waals surface area contributed by atoms with Gasteiger partial charge in [-0.25, -0.2) is 0 Å². The number of hydrogen-bond acceptors (Lipinski definition) is 3. The van der Waals surface area contributed by atoms with Crippen molar-refractivity contribution < 1.29 is 14.3 Å². The van der Waals surface area contributed by atoms with Gasteiger partial charge in [-0.15, -0.1) is 0 Å². The van der Waals surface area contributed by atoms with E-state index in [0.717, 1.165) is 5.56 Å². The van der Waals surface area contributed by atoms with Crippen molar-refractivity contribution in [3.05, 3.63) is 53.6 Å². The lowest BCUT2D eigenvalue weighted by Gasteiger charge is -2.12. The van der Waals surface area contributed by atoms with Crippen LogP contribution in [-0.2, 0) is 4.79 Å². The summed E-state index contributed by atoms with van der Waals surface area (Å²) in [4.78, 5) is 12.0. The molecular formula is C18H21NO3. The van der Waals surface area contributed by atoms with E-state index in [2.05, 4.69) is 5.32 Å². The molecule has 0 fully saturated rings. The fourth-order valence-corrected chi connectivity index (χ4v) is 1.99. The first kappa shape index (κ1) is 15.9. The molecule has 0 aliphatic heterocycles. The lowest BCUT2D eigenvalue weighted by atomic mass is 10.1. The predicted molar refractivity (Wildman–Crippen MR) is 87.7 cm³/mol. The number of hydrogen-bond donors (Lipinski definition) is 1. The summed E-state index contributed by atoms with van der Waals surface area (Å²) < 4.78 is 11.0. The third kappa shape index (κ3) is 4.25. The summed E-state index contributed by atoms with van der Waals surface area (Å²) in [6.07, 6.45) is 0. The Hall–Kier alpha value is -2.49. The first-order chi connectivity index (χ1) is 10.6. The van der Waals surface area contributed by atoms with E-state index in [1.165, 1.54) is 5.56 Å². The van der Waals surface area contributed by atoms with Crippen molar-refractivity contribution in [2.75, 3.05) is 18.5 Å². The van der Waals surface area contributed by atoms with Gasteiger partial charge >= 0.3 is 0 Å². The number of carbonyl (C=O) groups excluding carboxylic acids is 1. The van der Waals surface area contributed by atoms with Gasteiger partial charge < -0.3 is 14.8 Å². The molecule has 0 aliphatic carbocycles. The summed E-state index contributed by atoms with van der Waals surface area (Å²) >= 11 is 0. The molecule has 0 atom stereocenters. The second kappa shape index (κ2) is 7.50. The molecule has 0 spiro atoms. The van der Waals surface area contributed by atoms with Gasteiger partial charge in [0.15, 0.2) is 6.61 Å². The van der Waals surface area contributed by atoms with E-state index in [9.17, 15) is 4.79 Å². The second-order valence-electron chi connectivity index (χ2n) is 5.01. The Morgan fingerprint density at radius 1 is 1.05 bits per heavy atom. The van der Waals surface area contributed by atoms with Crippen LogP contribution in [0.2, 0.25) is 0 Å². The summed E-state index contributed by atoms with van der Waals surface area (Å²) in [5, 5.41) is 2.80. The van der Waals surface area contributed by atoms with E-state index in [1.54, 1.807) is 6.07 Å². The molecular weight excluding hydrogens is 278 g/mol. The summed E-state index contributed by atoms with van der Waals surface area (Å²) in [6.45, 7) is 6.47. The molecule has 0 bridgehead atoms. The van der Waals surface area contributed by atoms with Crippen molar-refractivity contribution in [3.8, 4) is 11.5 Å². The summed E-state index contributed by atoms with van der Waals surface area (Å²) in [5.74, 6) is 1.13. The highest BCUT2D eigenvalue weighted by molar-refractivity contribution is 5.93. The van der Waals surface area contributed by atoms with E-state index in [0.29, 0.717) is 23.8 Å². The third-order valence-electron chi connectivity index (χ3n) is 3.31. The molecule has 4 nitrogen and oxygen atoms in total. The average molecular weight is 299 g/mol. The summed E-state index contributed by atoms with van der Waals surface area (Å²) in [6, 6.07) is 13.1. The molecule has 2 rings (SSSR count). The van der Waals surface area contributed by atoms with Crippen molar-refractivity contribution in [1.82, 2.24) is 0 Å². The molecule has 0 saturated heterocycles. The van der Waals surface area contributed by atoms with Gasteiger partial charge in [0.2, 0.25) is 0 Å². The Balaban J connectivity index is 1.94. The Morgan fingerprint density at radius 3 is 2.55 bits per heavy atom. The van der Waals surface area contributed by atoms with Gasteiger partial charge in [-0.2, -0.15) is 0 Å². The van der Waals surface area contributed by atoms with Crippen molar-refractivity contribution in [3.63, 3.8) is 0 Å². The molecule has 0 saturated carbocycles. The molecule has 2 aromatic rings. The van der Waals surface area contributed by atoms with Gasteiger partial charge in [0.05, 0.1) is 12.3 Å². The number of anilines is 1. The van der Waals surface area contributed by atoms with E-state index in [-0.39, 0.29) is 12.5 Å². The zero-order valence-electron chi connectivity index (χ0n) is 13.2. The number of para-hydroxylation sites is 2. The molecule has 0 aliphatic rings. The molecule has 0 heterocycles. The first-order valence-electron chi connectivity index (χ1n) is 7.32. The average Bonchev–Trinajstić information content (AvgIpc) is 2.51. The van der Waals surface area contributed by atoms with Crippen LogP contribution in [0.5, 0.6) is 11.5 Å². The molecule has 1 amide bonds. The fourth-order valence-electron chi connectivity index (χ4n) is 1.99. The second-order valence-corrected chi connectivity index (χ2v) is 5.01. The molecule has 1 N–H and O–H groups in total. The summed E-state index contributed by atoms with van der Waals surface area (Å²) in [5.41, 5.74) is 2.99. The van der Waals surface area contributed by atoms with Gasteiger partial charge in [-0.3, -0.25) is 4.79 Å². The number of amides is 1. The van der Waals surface area contributed by atoms with Gasteiger partial charge in [-0.05, 0) is 56.2 Å². The lowest BCUT2D eigenvalue weighted by molar-refractivity contribution is -0.118. The monoisotopic (exact) mass is 299 g/mol. The van der Waals surface area contributed by atoms with Gasteiger partial charge in [-0.1, -0.05) is 18.2 Å². The SMILES string of the molecule is CCOc1ccccc1NC(=O)COc1ccc(C)c(C)c1. The largest absolute Gasteiger partial charge is 0.492 e. The van der Waals surface area contributed by atoms with Crippen molar-refractivity contribution in [1.29, 1.82) is 0 Å². The Kier molecular flexibility index (Phi) is 5.42. The van der Waals surface area contributed by atoms with Crippen molar-refractivity contribution >= 4 is 11.6 Å². The van der Waals surface area contributed by atoms with Gasteiger partial charge in [0, 0.05) is 0 Å². The molecule has 0 radical (unpaired) electrons. The van der Waals surface area contributed by atoms with E-state index >= 15 is 0 Å². The minimum Gasteiger partial charge on any atom is -0.492 e. The Bertz CT molecular complexity index is 653. The standard InChI is InChI=1S/C18H21NO3/c1-4-21-17-8-6-5-7-16(17)19-18(20)12-22-15-10-9-13(2)14(3)11-15/h5-11H,4,12H2,1-3H3,(H,19,20). The molecule has 4 heteroatoms. The molecule has 0 aromatic heterocycles. The zero-order chi connectivity index (χ0) is 15.9. The van der Waals surface area contributed by atoms with Crippen molar-refractivity contribution in [2.24, 2.45) is 0 Å². The van der Waals surface area contributed by atoms with Gasteiger partial charge in [0.25, 0.3) is 5.91 Å². The number of nitrogens with one attached hydrogen (secondary N) is 1. The normalized spacial score (nSPS) is 10.1. The zero-order valence-corrected chi connectivity index (χ0v) is 13.2. The van der Waals surface area contributed by atoms with Crippen LogP contribution in [0.4, 0.5) is 5.69 Å². The van der Waals surface area contributed by atoms with Crippen LogP contribution in [0.1, 0.15) is 18.1 Å². The van der Waals surface area contributed by atoms with E-state index in [1.807, 2.05) is 57.2 Å². The predicted octanol–water partition coefficient (Wildman–Crippen LogP) is 3.72. The maximum atomic E-state index is 12.0. The summed E-state index contributed by atoms with van der Waals surface area (Å²) in [7, 11) is 0.